The van der Waals surface area contributed by atoms with Gasteiger partial charge in [-0.3, -0.25) is 0 Å². The Bertz CT molecular complexity index is 789. The highest BCUT2D eigenvalue weighted by Crippen LogP contribution is 2.42. The molecule has 1 aromatic carbocycles. The fourth-order valence-corrected chi connectivity index (χ4v) is 2.75. The molecule has 4 rings (SSSR count). The van der Waals surface area contributed by atoms with Gasteiger partial charge in [-0.15, -0.1) is 0 Å². The molecule has 5 heteroatoms. The Hall–Kier alpha value is -1.58. The van der Waals surface area contributed by atoms with Crippen LogP contribution in [0.25, 0.3) is 16.9 Å². The van der Waals surface area contributed by atoms with Crippen LogP contribution in [-0.4, -0.2) is 14.6 Å². The summed E-state index contributed by atoms with van der Waals surface area (Å²) >= 11 is 12.2. The Balaban J connectivity index is 1.91. The molecular formula is C15H11Cl2N3. The third-order valence-electron chi connectivity index (χ3n) is 3.61. The minimum absolute atomic E-state index is 0.576. The highest BCUT2D eigenvalue weighted by atomic mass is 35.5. The van der Waals surface area contributed by atoms with Gasteiger partial charge in [-0.05, 0) is 30.9 Å². The number of rotatable bonds is 2. The molecule has 0 amide bonds. The molecule has 1 fully saturated rings. The molecule has 3 nitrogen and oxygen atoms in total. The molecule has 2 aromatic heterocycles. The summed E-state index contributed by atoms with van der Waals surface area (Å²) in [6.45, 7) is 0. The van der Waals surface area contributed by atoms with Crippen LogP contribution in [0.1, 0.15) is 24.3 Å². The van der Waals surface area contributed by atoms with Crippen LogP contribution >= 0.6 is 23.2 Å². The number of halogens is 2. The molecule has 0 N–H and O–H groups in total. The molecule has 20 heavy (non-hydrogen) atoms. The summed E-state index contributed by atoms with van der Waals surface area (Å²) in [6.07, 6.45) is 4.31. The number of hydrogen-bond acceptors (Lipinski definition) is 2. The molecular weight excluding hydrogens is 293 g/mol. The maximum Gasteiger partial charge on any atom is 0.160 e. The van der Waals surface area contributed by atoms with Gasteiger partial charge in [0.2, 0.25) is 0 Å². The van der Waals surface area contributed by atoms with E-state index in [-0.39, 0.29) is 0 Å². The lowest BCUT2D eigenvalue weighted by Gasteiger charge is -2.05. The van der Waals surface area contributed by atoms with Gasteiger partial charge in [0.05, 0.1) is 11.9 Å². The van der Waals surface area contributed by atoms with E-state index in [1.165, 1.54) is 18.4 Å². The van der Waals surface area contributed by atoms with Gasteiger partial charge in [0.1, 0.15) is 5.15 Å². The molecule has 0 unspecified atom stereocenters. The van der Waals surface area contributed by atoms with Crippen LogP contribution in [0.15, 0.2) is 36.5 Å². The van der Waals surface area contributed by atoms with E-state index in [2.05, 4.69) is 5.10 Å². The molecule has 1 saturated carbocycles. The largest absolute Gasteiger partial charge is 0.228 e. The predicted octanol–water partition coefficient (Wildman–Crippen LogP) is 4.58. The number of fused-ring (bicyclic) bond motifs is 1. The SMILES string of the molecule is Clc1ccc(-c2cc(Cl)n3ncc(C4CC4)c3n2)cc1. The van der Waals surface area contributed by atoms with Crippen LogP contribution in [0.3, 0.4) is 0 Å². The first kappa shape index (κ1) is 12.2. The van der Waals surface area contributed by atoms with Gasteiger partial charge in [0.15, 0.2) is 5.65 Å². The van der Waals surface area contributed by atoms with Crippen LogP contribution in [0.5, 0.6) is 0 Å². The summed E-state index contributed by atoms with van der Waals surface area (Å²) in [5, 5.41) is 5.62. The second-order valence-corrected chi connectivity index (χ2v) is 5.90. The molecule has 0 atom stereocenters. The fraction of sp³-hybridized carbons (Fsp3) is 0.200. The van der Waals surface area contributed by atoms with Crippen molar-refractivity contribution in [2.45, 2.75) is 18.8 Å². The maximum atomic E-state index is 6.32. The van der Waals surface area contributed by atoms with Crippen molar-refractivity contribution in [3.05, 3.63) is 52.3 Å². The standard InChI is InChI=1S/C15H11Cl2N3/c16-11-5-3-10(4-6-11)13-7-14(17)20-15(19-13)12(8-18-20)9-1-2-9/h3-9H,1-2H2. The summed E-state index contributed by atoms with van der Waals surface area (Å²) in [5.41, 5.74) is 3.91. The van der Waals surface area contributed by atoms with Crippen LogP contribution < -0.4 is 0 Å². The Labute approximate surface area is 126 Å². The molecule has 1 aliphatic rings. The first-order valence-electron chi connectivity index (χ1n) is 6.52. The zero-order valence-corrected chi connectivity index (χ0v) is 12.1. The molecule has 0 bridgehead atoms. The summed E-state index contributed by atoms with van der Waals surface area (Å²) < 4.78 is 1.70. The minimum Gasteiger partial charge on any atom is -0.228 e. The summed E-state index contributed by atoms with van der Waals surface area (Å²) in [4.78, 5) is 4.73. The van der Waals surface area contributed by atoms with Crippen molar-refractivity contribution in [1.29, 1.82) is 0 Å². The van der Waals surface area contributed by atoms with Gasteiger partial charge in [-0.1, -0.05) is 35.3 Å². The lowest BCUT2D eigenvalue weighted by atomic mass is 10.1. The summed E-state index contributed by atoms with van der Waals surface area (Å²) in [6, 6.07) is 9.44. The lowest BCUT2D eigenvalue weighted by molar-refractivity contribution is 0.941. The van der Waals surface area contributed by atoms with Gasteiger partial charge >= 0.3 is 0 Å². The first-order chi connectivity index (χ1) is 9.72. The Kier molecular flexibility index (Phi) is 2.72. The smallest absolute Gasteiger partial charge is 0.160 e. The van der Waals surface area contributed by atoms with Crippen molar-refractivity contribution in [1.82, 2.24) is 14.6 Å². The molecule has 3 aromatic rings. The topological polar surface area (TPSA) is 30.2 Å². The van der Waals surface area contributed by atoms with Gasteiger partial charge < -0.3 is 0 Å². The Morgan fingerprint density at radius 2 is 1.85 bits per heavy atom. The van der Waals surface area contributed by atoms with Crippen molar-refractivity contribution in [3.63, 3.8) is 0 Å². The quantitative estimate of drug-likeness (QED) is 0.649. The lowest BCUT2D eigenvalue weighted by Crippen LogP contribution is -1.95. The van der Waals surface area contributed by atoms with E-state index in [4.69, 9.17) is 28.2 Å². The third kappa shape index (κ3) is 1.98. The molecule has 100 valence electrons. The molecule has 2 heterocycles. The van der Waals surface area contributed by atoms with Crippen LogP contribution in [0, 0.1) is 0 Å². The minimum atomic E-state index is 0.576. The second kappa shape index (κ2) is 4.47. The maximum absolute atomic E-state index is 6.32. The molecule has 0 aliphatic heterocycles. The first-order valence-corrected chi connectivity index (χ1v) is 7.28. The van der Waals surface area contributed by atoms with E-state index in [1.807, 2.05) is 36.5 Å². The summed E-state index contributed by atoms with van der Waals surface area (Å²) in [7, 11) is 0. The van der Waals surface area contributed by atoms with E-state index in [0.29, 0.717) is 16.1 Å². The van der Waals surface area contributed by atoms with Gasteiger partial charge in [0, 0.05) is 22.2 Å². The van der Waals surface area contributed by atoms with E-state index < -0.39 is 0 Å². The van der Waals surface area contributed by atoms with Crippen molar-refractivity contribution in [3.8, 4) is 11.3 Å². The van der Waals surface area contributed by atoms with Crippen LogP contribution in [0.2, 0.25) is 10.2 Å². The molecule has 0 spiro atoms. The van der Waals surface area contributed by atoms with E-state index in [1.54, 1.807) is 4.52 Å². The van der Waals surface area contributed by atoms with Crippen molar-refractivity contribution in [2.75, 3.05) is 0 Å². The van der Waals surface area contributed by atoms with Crippen molar-refractivity contribution in [2.24, 2.45) is 0 Å². The summed E-state index contributed by atoms with van der Waals surface area (Å²) in [5.74, 6) is 0.594. The van der Waals surface area contributed by atoms with Crippen LogP contribution in [-0.2, 0) is 0 Å². The monoisotopic (exact) mass is 303 g/mol. The van der Waals surface area contributed by atoms with Gasteiger partial charge in [-0.25, -0.2) is 9.50 Å². The van der Waals surface area contributed by atoms with Crippen molar-refractivity contribution < 1.29 is 0 Å². The number of benzene rings is 1. The normalized spacial score (nSPS) is 14.9. The third-order valence-corrected chi connectivity index (χ3v) is 4.13. The zero-order chi connectivity index (χ0) is 13.7. The average molecular weight is 304 g/mol. The zero-order valence-electron chi connectivity index (χ0n) is 10.6. The molecule has 0 saturated heterocycles. The highest BCUT2D eigenvalue weighted by Gasteiger charge is 2.28. The van der Waals surface area contributed by atoms with Gasteiger partial charge in [-0.2, -0.15) is 5.10 Å². The highest BCUT2D eigenvalue weighted by molar-refractivity contribution is 6.30. The predicted molar refractivity (Wildman–Crippen MR) is 80.4 cm³/mol. The molecule has 1 aliphatic carbocycles. The van der Waals surface area contributed by atoms with Crippen LogP contribution in [0.4, 0.5) is 0 Å². The average Bonchev–Trinajstić information content (AvgIpc) is 3.19. The molecule has 0 radical (unpaired) electrons. The van der Waals surface area contributed by atoms with E-state index >= 15 is 0 Å². The van der Waals surface area contributed by atoms with E-state index in [9.17, 15) is 0 Å². The Morgan fingerprint density at radius 1 is 1.10 bits per heavy atom. The van der Waals surface area contributed by atoms with E-state index in [0.717, 1.165) is 16.9 Å². The van der Waals surface area contributed by atoms with Gasteiger partial charge in [0.25, 0.3) is 0 Å². The number of aromatic nitrogens is 3. The Morgan fingerprint density at radius 3 is 2.55 bits per heavy atom. The second-order valence-electron chi connectivity index (χ2n) is 5.08. The number of hydrogen-bond donors (Lipinski definition) is 0. The van der Waals surface area contributed by atoms with Crippen molar-refractivity contribution >= 4 is 28.8 Å². The fourth-order valence-electron chi connectivity index (χ4n) is 2.39. The number of nitrogens with zero attached hydrogens (tertiary/aromatic N) is 3.